The minimum atomic E-state index is -0.138. The molecule has 3 rings (SSSR count). The molecule has 25 heavy (non-hydrogen) atoms. The molecule has 0 aliphatic carbocycles. The van der Waals surface area contributed by atoms with Crippen molar-refractivity contribution in [3.63, 3.8) is 0 Å². The van der Waals surface area contributed by atoms with Gasteiger partial charge in [0.05, 0.1) is 18.1 Å². The molecule has 1 saturated heterocycles. The van der Waals surface area contributed by atoms with Crippen molar-refractivity contribution in [1.82, 2.24) is 19.7 Å². The van der Waals surface area contributed by atoms with Crippen LogP contribution in [0.3, 0.4) is 0 Å². The van der Waals surface area contributed by atoms with Crippen molar-refractivity contribution in [3.05, 3.63) is 36.8 Å². The standard InChI is InChI=1S/C17H22N6OS/c1-4-16(24)19-13-6-5-7-23(12(13)3)15-10-18-9-14(20-15)21-17-8-11(2)22-25-17/h4,8-10,12-13H,1,5-7H2,2-3H3,(H,19,24)(H,20,21)/t12-,13-/m1/s1. The Bertz CT molecular complexity index is 761. The van der Waals surface area contributed by atoms with Crippen molar-refractivity contribution in [2.75, 3.05) is 16.8 Å². The SMILES string of the molecule is C=CC(=O)N[C@@H]1CCCN(c2cncc(Nc3cc(C)ns3)n2)[C@@H]1C. The van der Waals surface area contributed by atoms with Gasteiger partial charge in [0.25, 0.3) is 0 Å². The van der Waals surface area contributed by atoms with Gasteiger partial charge >= 0.3 is 0 Å². The van der Waals surface area contributed by atoms with Crippen LogP contribution in [0, 0.1) is 6.92 Å². The highest BCUT2D eigenvalue weighted by atomic mass is 32.1. The molecule has 2 aromatic heterocycles. The molecular weight excluding hydrogens is 336 g/mol. The topological polar surface area (TPSA) is 83.0 Å². The second-order valence-electron chi connectivity index (χ2n) is 6.12. The first kappa shape index (κ1) is 17.3. The van der Waals surface area contributed by atoms with Crippen LogP contribution in [0.25, 0.3) is 0 Å². The van der Waals surface area contributed by atoms with Gasteiger partial charge < -0.3 is 15.5 Å². The number of nitrogens with zero attached hydrogens (tertiary/aromatic N) is 4. The Morgan fingerprint density at radius 2 is 2.32 bits per heavy atom. The smallest absolute Gasteiger partial charge is 0.243 e. The highest BCUT2D eigenvalue weighted by Gasteiger charge is 2.29. The zero-order valence-electron chi connectivity index (χ0n) is 14.4. The molecule has 0 saturated carbocycles. The lowest BCUT2D eigenvalue weighted by atomic mass is 9.97. The summed E-state index contributed by atoms with van der Waals surface area (Å²) in [6, 6.07) is 2.18. The summed E-state index contributed by atoms with van der Waals surface area (Å²) in [5.41, 5.74) is 0.974. The molecule has 2 aromatic rings. The predicted molar refractivity (Wildman–Crippen MR) is 100 cm³/mol. The quantitative estimate of drug-likeness (QED) is 0.800. The summed E-state index contributed by atoms with van der Waals surface area (Å²) in [5.74, 6) is 1.35. The molecule has 0 aromatic carbocycles. The molecule has 1 aliphatic heterocycles. The lowest BCUT2D eigenvalue weighted by molar-refractivity contribution is -0.117. The van der Waals surface area contributed by atoms with E-state index in [-0.39, 0.29) is 18.0 Å². The minimum Gasteiger partial charge on any atom is -0.351 e. The lowest BCUT2D eigenvalue weighted by Gasteiger charge is -2.40. The molecule has 0 radical (unpaired) electrons. The summed E-state index contributed by atoms with van der Waals surface area (Å²) >= 11 is 1.40. The van der Waals surface area contributed by atoms with Gasteiger partial charge in [0, 0.05) is 18.6 Å². The molecule has 2 N–H and O–H groups in total. The summed E-state index contributed by atoms with van der Waals surface area (Å²) in [6.45, 7) is 8.46. The van der Waals surface area contributed by atoms with Crippen LogP contribution in [-0.4, -0.2) is 38.9 Å². The Hall–Kier alpha value is -2.48. The first-order valence-corrected chi connectivity index (χ1v) is 9.06. The number of aryl methyl sites for hydroxylation is 1. The van der Waals surface area contributed by atoms with E-state index in [1.807, 2.05) is 13.0 Å². The maximum Gasteiger partial charge on any atom is 0.243 e. The fourth-order valence-electron chi connectivity index (χ4n) is 3.00. The van der Waals surface area contributed by atoms with E-state index < -0.39 is 0 Å². The third kappa shape index (κ3) is 4.14. The van der Waals surface area contributed by atoms with Crippen molar-refractivity contribution in [2.24, 2.45) is 0 Å². The van der Waals surface area contributed by atoms with Crippen LogP contribution in [-0.2, 0) is 4.79 Å². The Labute approximate surface area is 151 Å². The van der Waals surface area contributed by atoms with Crippen molar-refractivity contribution in [3.8, 4) is 0 Å². The number of rotatable bonds is 5. The molecule has 132 valence electrons. The number of hydrogen-bond donors (Lipinski definition) is 2. The van der Waals surface area contributed by atoms with Crippen LogP contribution in [0.15, 0.2) is 31.1 Å². The van der Waals surface area contributed by atoms with Crippen LogP contribution in [0.1, 0.15) is 25.5 Å². The van der Waals surface area contributed by atoms with E-state index in [0.717, 1.165) is 35.9 Å². The van der Waals surface area contributed by atoms with E-state index in [1.54, 1.807) is 12.4 Å². The summed E-state index contributed by atoms with van der Waals surface area (Å²) in [6.07, 6.45) is 6.71. The number of hydrogen-bond acceptors (Lipinski definition) is 7. The Morgan fingerprint density at radius 1 is 1.48 bits per heavy atom. The first-order chi connectivity index (χ1) is 12.1. The second kappa shape index (κ2) is 7.60. The zero-order chi connectivity index (χ0) is 17.8. The van der Waals surface area contributed by atoms with Crippen molar-refractivity contribution >= 4 is 34.1 Å². The molecule has 0 bridgehead atoms. The highest BCUT2D eigenvalue weighted by Crippen LogP contribution is 2.25. The summed E-state index contributed by atoms with van der Waals surface area (Å²) in [5, 5.41) is 7.19. The number of aromatic nitrogens is 3. The second-order valence-corrected chi connectivity index (χ2v) is 6.92. The van der Waals surface area contributed by atoms with Gasteiger partial charge in [-0.05, 0) is 50.4 Å². The van der Waals surface area contributed by atoms with E-state index in [0.29, 0.717) is 5.82 Å². The number of anilines is 3. The van der Waals surface area contributed by atoms with Gasteiger partial charge in [-0.3, -0.25) is 9.78 Å². The lowest BCUT2D eigenvalue weighted by Crippen LogP contribution is -2.54. The monoisotopic (exact) mass is 358 g/mol. The van der Waals surface area contributed by atoms with Gasteiger partial charge in [-0.25, -0.2) is 4.98 Å². The molecule has 1 fully saturated rings. The van der Waals surface area contributed by atoms with Crippen LogP contribution in [0.5, 0.6) is 0 Å². The van der Waals surface area contributed by atoms with E-state index >= 15 is 0 Å². The molecular formula is C17H22N6OS. The highest BCUT2D eigenvalue weighted by molar-refractivity contribution is 7.10. The predicted octanol–water partition coefficient (Wildman–Crippen LogP) is 2.64. The summed E-state index contributed by atoms with van der Waals surface area (Å²) in [7, 11) is 0. The van der Waals surface area contributed by atoms with E-state index in [2.05, 4.69) is 43.4 Å². The Kier molecular flexibility index (Phi) is 5.28. The van der Waals surface area contributed by atoms with Gasteiger partial charge in [0.15, 0.2) is 5.82 Å². The fourth-order valence-corrected chi connectivity index (χ4v) is 3.67. The summed E-state index contributed by atoms with van der Waals surface area (Å²) < 4.78 is 4.25. The molecule has 0 unspecified atom stereocenters. The largest absolute Gasteiger partial charge is 0.351 e. The fraction of sp³-hybridized carbons (Fsp3) is 0.412. The molecule has 7 nitrogen and oxygen atoms in total. The molecule has 2 atom stereocenters. The van der Waals surface area contributed by atoms with Gasteiger partial charge in [-0.15, -0.1) is 0 Å². The van der Waals surface area contributed by atoms with E-state index in [4.69, 9.17) is 0 Å². The van der Waals surface area contributed by atoms with Crippen LogP contribution in [0.4, 0.5) is 16.6 Å². The van der Waals surface area contributed by atoms with Crippen molar-refractivity contribution in [1.29, 1.82) is 0 Å². The molecule has 1 aliphatic rings. The number of carbonyl (C=O) groups excluding carboxylic acids is 1. The zero-order valence-corrected chi connectivity index (χ0v) is 15.2. The molecule has 8 heteroatoms. The van der Waals surface area contributed by atoms with Gasteiger partial charge in [0.2, 0.25) is 5.91 Å². The Balaban J connectivity index is 1.75. The summed E-state index contributed by atoms with van der Waals surface area (Å²) in [4.78, 5) is 22.8. The number of nitrogens with one attached hydrogen (secondary N) is 2. The van der Waals surface area contributed by atoms with Crippen LogP contribution < -0.4 is 15.5 Å². The van der Waals surface area contributed by atoms with Crippen LogP contribution in [0.2, 0.25) is 0 Å². The first-order valence-electron chi connectivity index (χ1n) is 8.29. The normalized spacial score (nSPS) is 20.2. The van der Waals surface area contributed by atoms with Crippen molar-refractivity contribution < 1.29 is 4.79 Å². The van der Waals surface area contributed by atoms with Gasteiger partial charge in [-0.2, -0.15) is 4.37 Å². The van der Waals surface area contributed by atoms with E-state index in [1.165, 1.54) is 17.6 Å². The van der Waals surface area contributed by atoms with E-state index in [9.17, 15) is 4.79 Å². The number of piperidine rings is 1. The average molecular weight is 358 g/mol. The average Bonchev–Trinajstić information content (AvgIpc) is 3.01. The minimum absolute atomic E-state index is 0.0711. The Morgan fingerprint density at radius 3 is 3.04 bits per heavy atom. The number of carbonyl (C=O) groups is 1. The number of amides is 1. The maximum atomic E-state index is 11.6. The molecule has 3 heterocycles. The molecule has 0 spiro atoms. The van der Waals surface area contributed by atoms with Gasteiger partial charge in [-0.1, -0.05) is 6.58 Å². The maximum absolute atomic E-state index is 11.6. The molecule has 1 amide bonds. The third-order valence-electron chi connectivity index (χ3n) is 4.30. The van der Waals surface area contributed by atoms with Crippen molar-refractivity contribution in [2.45, 2.75) is 38.8 Å². The van der Waals surface area contributed by atoms with Gasteiger partial charge in [0.1, 0.15) is 10.8 Å². The van der Waals surface area contributed by atoms with Crippen LogP contribution >= 0.6 is 11.5 Å². The third-order valence-corrected chi connectivity index (χ3v) is 5.09.